The molecular formula is C17H17F2N3. The van der Waals surface area contributed by atoms with E-state index in [4.69, 9.17) is 5.41 Å². The number of nitrogens with zero attached hydrogens (tertiary/aromatic N) is 2. The molecular weight excluding hydrogens is 284 g/mol. The maximum absolute atomic E-state index is 14.2. The minimum Gasteiger partial charge on any atom is -0.311 e. The van der Waals surface area contributed by atoms with E-state index in [9.17, 15) is 8.78 Å². The van der Waals surface area contributed by atoms with Gasteiger partial charge in [0.15, 0.2) is 0 Å². The molecule has 2 atom stereocenters. The molecule has 2 unspecified atom stereocenters. The van der Waals surface area contributed by atoms with Gasteiger partial charge >= 0.3 is 0 Å². The topological polar surface area (TPSA) is 41.7 Å². The Morgan fingerprint density at radius 3 is 2.50 bits per heavy atom. The van der Waals surface area contributed by atoms with Crippen molar-refractivity contribution in [2.45, 2.75) is 44.1 Å². The van der Waals surface area contributed by atoms with Crippen molar-refractivity contribution >= 4 is 10.9 Å². The minimum atomic E-state index is -0.674. The predicted molar refractivity (Wildman–Crippen MR) is 77.3 cm³/mol. The molecule has 2 aromatic rings. The van der Waals surface area contributed by atoms with Gasteiger partial charge in [-0.05, 0) is 43.9 Å². The molecule has 2 aliphatic carbocycles. The monoisotopic (exact) mass is 301 g/mol. The summed E-state index contributed by atoms with van der Waals surface area (Å²) in [6.45, 7) is 0. The van der Waals surface area contributed by atoms with E-state index < -0.39 is 11.6 Å². The van der Waals surface area contributed by atoms with Crippen molar-refractivity contribution in [3.8, 4) is 0 Å². The minimum absolute atomic E-state index is 0.159. The molecule has 0 amide bonds. The highest BCUT2D eigenvalue weighted by Crippen LogP contribution is 2.52. The zero-order chi connectivity index (χ0) is 15.0. The van der Waals surface area contributed by atoms with Crippen LogP contribution >= 0.6 is 0 Å². The van der Waals surface area contributed by atoms with E-state index in [-0.39, 0.29) is 22.4 Å². The molecule has 1 N–H and O–H groups in total. The van der Waals surface area contributed by atoms with Crippen molar-refractivity contribution < 1.29 is 8.78 Å². The number of rotatable bonds is 0. The molecule has 0 saturated heterocycles. The van der Waals surface area contributed by atoms with Crippen molar-refractivity contribution in [3.63, 3.8) is 0 Å². The van der Waals surface area contributed by atoms with Gasteiger partial charge in [0.2, 0.25) is 0 Å². The van der Waals surface area contributed by atoms with Gasteiger partial charge in [-0.3, -0.25) is 5.41 Å². The predicted octanol–water partition coefficient (Wildman–Crippen LogP) is 3.64. The van der Waals surface area contributed by atoms with Crippen molar-refractivity contribution in [3.05, 3.63) is 35.1 Å². The third-order valence-corrected chi connectivity index (χ3v) is 5.84. The van der Waals surface area contributed by atoms with Gasteiger partial charge in [0.1, 0.15) is 22.9 Å². The fraction of sp³-hybridized carbons (Fsp3) is 0.529. The van der Waals surface area contributed by atoms with Gasteiger partial charge in [-0.1, -0.05) is 0 Å². The zero-order valence-electron chi connectivity index (χ0n) is 12.1. The second kappa shape index (κ2) is 4.15. The van der Waals surface area contributed by atoms with Crippen LogP contribution in [0.4, 0.5) is 8.78 Å². The average molecular weight is 301 g/mol. The summed E-state index contributed by atoms with van der Waals surface area (Å²) in [6.07, 6.45) is 5.67. The number of benzene rings is 1. The smallest absolute Gasteiger partial charge is 0.139 e. The molecule has 6 rings (SSSR count). The first-order chi connectivity index (χ1) is 10.6. The van der Waals surface area contributed by atoms with Crippen LogP contribution in [0, 0.1) is 28.9 Å². The van der Waals surface area contributed by atoms with Crippen LogP contribution in [0.15, 0.2) is 12.1 Å². The van der Waals surface area contributed by atoms with Crippen molar-refractivity contribution in [1.29, 1.82) is 5.41 Å². The van der Waals surface area contributed by atoms with Gasteiger partial charge in [-0.25, -0.2) is 13.8 Å². The highest BCUT2D eigenvalue weighted by Gasteiger charge is 2.43. The van der Waals surface area contributed by atoms with Crippen LogP contribution in [0.3, 0.4) is 0 Å². The SMILES string of the molecule is N=c1c2c(F)cc(F)cc2nc2n1C1CC3CC(CC2C3)C1. The molecule has 1 aromatic heterocycles. The Morgan fingerprint density at radius 1 is 1.05 bits per heavy atom. The molecule has 2 saturated carbocycles. The molecule has 0 spiro atoms. The summed E-state index contributed by atoms with van der Waals surface area (Å²) in [5, 5.41) is 8.68. The van der Waals surface area contributed by atoms with E-state index in [1.54, 1.807) is 0 Å². The maximum atomic E-state index is 14.2. The Labute approximate surface area is 126 Å². The Bertz CT molecular complexity index is 843. The molecule has 2 fully saturated rings. The van der Waals surface area contributed by atoms with Crippen LogP contribution in [0.25, 0.3) is 10.9 Å². The van der Waals surface area contributed by atoms with Crippen molar-refractivity contribution in [1.82, 2.24) is 9.55 Å². The third-order valence-electron chi connectivity index (χ3n) is 5.84. The molecule has 1 aromatic carbocycles. The first kappa shape index (κ1) is 12.7. The largest absolute Gasteiger partial charge is 0.311 e. The zero-order valence-corrected chi connectivity index (χ0v) is 12.1. The van der Waals surface area contributed by atoms with Crippen LogP contribution in [-0.4, -0.2) is 9.55 Å². The summed E-state index contributed by atoms with van der Waals surface area (Å²) in [5.41, 5.74) is 0.464. The second-order valence-corrected chi connectivity index (χ2v) is 7.23. The quantitative estimate of drug-likeness (QED) is 0.793. The molecule has 114 valence electrons. The standard InChI is InChI=1S/C17H17F2N3/c18-11-6-13(19)15-14(7-11)21-17-10-2-8-1-9(3-10)5-12(4-8)22(17)16(15)20/h6-10,12,20H,1-5H2. The lowest BCUT2D eigenvalue weighted by Gasteiger charge is -2.37. The van der Waals surface area contributed by atoms with Gasteiger partial charge in [-0.2, -0.15) is 0 Å². The molecule has 2 aliphatic heterocycles. The van der Waals surface area contributed by atoms with Crippen LogP contribution in [0.2, 0.25) is 0 Å². The van der Waals surface area contributed by atoms with Crippen LogP contribution in [0.1, 0.15) is 49.9 Å². The Morgan fingerprint density at radius 2 is 1.77 bits per heavy atom. The van der Waals surface area contributed by atoms with Gasteiger partial charge in [0, 0.05) is 24.1 Å². The maximum Gasteiger partial charge on any atom is 0.139 e. The molecule has 22 heavy (non-hydrogen) atoms. The number of hydrogen-bond acceptors (Lipinski definition) is 2. The normalized spacial score (nSPS) is 32.3. The third kappa shape index (κ3) is 1.59. The lowest BCUT2D eigenvalue weighted by molar-refractivity contribution is 0.150. The molecule has 4 aliphatic rings. The molecule has 5 heteroatoms. The summed E-state index contributed by atoms with van der Waals surface area (Å²) in [7, 11) is 0. The number of halogens is 2. The fourth-order valence-corrected chi connectivity index (χ4v) is 5.19. The summed E-state index contributed by atoms with van der Waals surface area (Å²) in [5.74, 6) is 1.34. The highest BCUT2D eigenvalue weighted by atomic mass is 19.1. The summed E-state index contributed by atoms with van der Waals surface area (Å²) >= 11 is 0. The van der Waals surface area contributed by atoms with Crippen molar-refractivity contribution in [2.75, 3.05) is 0 Å². The fourth-order valence-electron chi connectivity index (χ4n) is 5.19. The number of nitrogens with one attached hydrogen (secondary N) is 1. The van der Waals surface area contributed by atoms with Gasteiger partial charge in [0.05, 0.1) is 10.9 Å². The van der Waals surface area contributed by atoms with Gasteiger partial charge < -0.3 is 4.57 Å². The lowest BCUT2D eigenvalue weighted by atomic mass is 9.68. The van der Waals surface area contributed by atoms with E-state index in [2.05, 4.69) is 4.98 Å². The molecule has 0 radical (unpaired) electrons. The van der Waals surface area contributed by atoms with Gasteiger partial charge in [0.25, 0.3) is 0 Å². The van der Waals surface area contributed by atoms with Crippen molar-refractivity contribution in [2.24, 2.45) is 11.8 Å². The number of aromatic nitrogens is 2. The van der Waals surface area contributed by atoms with E-state index in [0.717, 1.165) is 37.6 Å². The lowest BCUT2D eigenvalue weighted by Crippen LogP contribution is -2.31. The van der Waals surface area contributed by atoms with E-state index in [1.165, 1.54) is 12.5 Å². The molecule has 4 bridgehead atoms. The number of fused-ring (bicyclic) bond motifs is 1. The Hall–Kier alpha value is -1.78. The summed E-state index contributed by atoms with van der Waals surface area (Å²) < 4.78 is 29.7. The molecule has 3 heterocycles. The Balaban J connectivity index is 1.87. The second-order valence-electron chi connectivity index (χ2n) is 7.23. The van der Waals surface area contributed by atoms with E-state index in [1.807, 2.05) is 4.57 Å². The Kier molecular flexibility index (Phi) is 2.40. The first-order valence-electron chi connectivity index (χ1n) is 8.06. The van der Waals surface area contributed by atoms with E-state index in [0.29, 0.717) is 17.8 Å². The average Bonchev–Trinajstić information content (AvgIpc) is 2.60. The molecule has 3 nitrogen and oxygen atoms in total. The first-order valence-corrected chi connectivity index (χ1v) is 8.06. The summed E-state index contributed by atoms with van der Waals surface area (Å²) in [6, 6.07) is 2.38. The summed E-state index contributed by atoms with van der Waals surface area (Å²) in [4.78, 5) is 4.62. The number of hydrogen-bond donors (Lipinski definition) is 1. The van der Waals surface area contributed by atoms with Crippen LogP contribution in [-0.2, 0) is 0 Å². The van der Waals surface area contributed by atoms with Gasteiger partial charge in [-0.15, -0.1) is 0 Å². The van der Waals surface area contributed by atoms with Crippen LogP contribution < -0.4 is 5.49 Å². The van der Waals surface area contributed by atoms with E-state index >= 15 is 0 Å². The highest BCUT2D eigenvalue weighted by molar-refractivity contribution is 5.78. The van der Waals surface area contributed by atoms with Crippen LogP contribution in [0.5, 0.6) is 0 Å².